The van der Waals surface area contributed by atoms with Gasteiger partial charge in [-0.2, -0.15) is 5.26 Å². The minimum atomic E-state index is -1.32. The molecule has 3 N–H and O–H groups in total. The van der Waals surface area contributed by atoms with E-state index in [1.807, 2.05) is 6.07 Å². The number of carbonyl (C=O) groups is 3. The molecule has 154 valence electrons. The molecule has 0 heterocycles. The first-order valence-corrected chi connectivity index (χ1v) is 9.09. The van der Waals surface area contributed by atoms with Crippen LogP contribution >= 0.6 is 0 Å². The van der Waals surface area contributed by atoms with Crippen LogP contribution in [0.3, 0.4) is 0 Å². The minimum absolute atomic E-state index is 0.116. The van der Waals surface area contributed by atoms with Crippen LogP contribution in [0.5, 0.6) is 0 Å². The van der Waals surface area contributed by atoms with E-state index >= 15 is 0 Å². The van der Waals surface area contributed by atoms with E-state index in [4.69, 9.17) is 10.4 Å². The van der Waals surface area contributed by atoms with Crippen molar-refractivity contribution in [3.05, 3.63) is 83.7 Å². The van der Waals surface area contributed by atoms with Crippen LogP contribution in [-0.4, -0.2) is 22.9 Å². The normalized spacial score (nSPS) is 10.1. The van der Waals surface area contributed by atoms with Crippen molar-refractivity contribution in [2.75, 3.05) is 10.6 Å². The van der Waals surface area contributed by atoms with Crippen LogP contribution in [0.2, 0.25) is 0 Å². The van der Waals surface area contributed by atoms with Crippen molar-refractivity contribution in [2.45, 2.75) is 6.42 Å². The number of amides is 2. The molecule has 0 unspecified atom stereocenters. The maximum Gasteiger partial charge on any atom is 0.409 e. The van der Waals surface area contributed by atoms with E-state index in [1.54, 1.807) is 30.3 Å². The summed E-state index contributed by atoms with van der Waals surface area (Å²) < 4.78 is 13.2. The maximum atomic E-state index is 13.2. The van der Waals surface area contributed by atoms with Crippen LogP contribution in [0.25, 0.3) is 11.1 Å². The fourth-order valence-electron chi connectivity index (χ4n) is 2.90. The van der Waals surface area contributed by atoms with Crippen molar-refractivity contribution in [1.29, 1.82) is 5.26 Å². The van der Waals surface area contributed by atoms with E-state index in [1.165, 1.54) is 36.4 Å². The second-order valence-electron chi connectivity index (χ2n) is 6.54. The van der Waals surface area contributed by atoms with Gasteiger partial charge in [-0.1, -0.05) is 30.3 Å². The molecule has 0 bridgehead atoms. The second-order valence-corrected chi connectivity index (χ2v) is 6.54. The molecule has 0 radical (unpaired) electrons. The van der Waals surface area contributed by atoms with Crippen LogP contribution in [0.4, 0.5) is 20.6 Å². The summed E-state index contributed by atoms with van der Waals surface area (Å²) in [6.45, 7) is 0. The SMILES string of the molecule is N#Cc1cccc(C(=O)CC(=O)Nc2cc(-c3ccc(F)cc3)ccc2NC(=O)O)c1. The number of hydrogen-bond acceptors (Lipinski definition) is 4. The summed E-state index contributed by atoms with van der Waals surface area (Å²) in [5.74, 6) is -1.55. The van der Waals surface area contributed by atoms with E-state index in [0.717, 1.165) is 0 Å². The molecule has 0 spiro atoms. The predicted molar refractivity (Wildman–Crippen MR) is 112 cm³/mol. The van der Waals surface area contributed by atoms with Crippen molar-refractivity contribution in [3.8, 4) is 17.2 Å². The molecule has 0 aromatic heterocycles. The zero-order chi connectivity index (χ0) is 22.4. The number of halogens is 1. The first kappa shape index (κ1) is 21.2. The summed E-state index contributed by atoms with van der Waals surface area (Å²) in [6, 6.07) is 18.2. The van der Waals surface area contributed by atoms with Gasteiger partial charge >= 0.3 is 6.09 Å². The minimum Gasteiger partial charge on any atom is -0.465 e. The lowest BCUT2D eigenvalue weighted by atomic mass is 10.0. The third-order valence-electron chi connectivity index (χ3n) is 4.35. The molecule has 31 heavy (non-hydrogen) atoms. The molecule has 0 saturated heterocycles. The number of hydrogen-bond donors (Lipinski definition) is 3. The second kappa shape index (κ2) is 9.33. The van der Waals surface area contributed by atoms with E-state index < -0.39 is 30.0 Å². The van der Waals surface area contributed by atoms with Gasteiger partial charge in [0.15, 0.2) is 5.78 Å². The number of carbonyl (C=O) groups excluding carboxylic acids is 2. The van der Waals surface area contributed by atoms with Gasteiger partial charge < -0.3 is 10.4 Å². The molecular formula is C23H16FN3O4. The number of Topliss-reactive ketones (excluding diaryl/α,β-unsaturated/α-hetero) is 1. The Balaban J connectivity index is 1.83. The number of nitrogens with zero attached hydrogens (tertiary/aromatic N) is 1. The third kappa shape index (κ3) is 5.52. The first-order chi connectivity index (χ1) is 14.9. The number of nitrogens with one attached hydrogen (secondary N) is 2. The van der Waals surface area contributed by atoms with Gasteiger partial charge in [-0.25, -0.2) is 9.18 Å². The monoisotopic (exact) mass is 417 g/mol. The van der Waals surface area contributed by atoms with Crippen molar-refractivity contribution < 1.29 is 23.9 Å². The molecular weight excluding hydrogens is 401 g/mol. The van der Waals surface area contributed by atoms with Crippen LogP contribution in [0.15, 0.2) is 66.7 Å². The summed E-state index contributed by atoms with van der Waals surface area (Å²) in [5, 5.41) is 22.7. The van der Waals surface area contributed by atoms with Gasteiger partial charge in [0.05, 0.1) is 29.4 Å². The Bertz CT molecular complexity index is 1200. The van der Waals surface area contributed by atoms with Gasteiger partial charge in [0.1, 0.15) is 5.82 Å². The Kier molecular flexibility index (Phi) is 6.38. The van der Waals surface area contributed by atoms with E-state index in [9.17, 15) is 18.8 Å². The number of ketones is 1. The number of nitriles is 1. The number of anilines is 2. The fourth-order valence-corrected chi connectivity index (χ4v) is 2.90. The Morgan fingerprint density at radius 2 is 1.61 bits per heavy atom. The van der Waals surface area contributed by atoms with Crippen molar-refractivity contribution >= 4 is 29.2 Å². The Morgan fingerprint density at radius 3 is 2.29 bits per heavy atom. The van der Waals surface area contributed by atoms with Crippen molar-refractivity contribution in [1.82, 2.24) is 0 Å². The highest BCUT2D eigenvalue weighted by molar-refractivity contribution is 6.12. The highest BCUT2D eigenvalue weighted by atomic mass is 19.1. The van der Waals surface area contributed by atoms with Crippen LogP contribution in [-0.2, 0) is 4.79 Å². The van der Waals surface area contributed by atoms with Gasteiger partial charge in [-0.15, -0.1) is 0 Å². The molecule has 7 nitrogen and oxygen atoms in total. The third-order valence-corrected chi connectivity index (χ3v) is 4.35. The molecule has 0 saturated carbocycles. The van der Waals surface area contributed by atoms with Gasteiger partial charge in [0, 0.05) is 5.56 Å². The average Bonchev–Trinajstić information content (AvgIpc) is 2.75. The Morgan fingerprint density at radius 1 is 0.903 bits per heavy atom. The van der Waals surface area contributed by atoms with Crippen molar-refractivity contribution in [2.24, 2.45) is 0 Å². The Labute approximate surface area is 176 Å². The summed E-state index contributed by atoms with van der Waals surface area (Å²) in [6.07, 6.45) is -1.82. The lowest BCUT2D eigenvalue weighted by Crippen LogP contribution is -2.18. The Hall–Kier alpha value is -4.51. The van der Waals surface area contributed by atoms with E-state index in [2.05, 4.69) is 10.6 Å². The van der Waals surface area contributed by atoms with Gasteiger partial charge in [0.25, 0.3) is 0 Å². The van der Waals surface area contributed by atoms with E-state index in [-0.39, 0.29) is 16.9 Å². The maximum absolute atomic E-state index is 13.2. The molecule has 3 rings (SSSR count). The summed E-state index contributed by atoms with van der Waals surface area (Å²) in [5.41, 5.74) is 2.05. The standard InChI is InChI=1S/C23H16FN3O4/c24-18-7-4-15(5-8-18)16-6-9-19(27-23(30)31)20(11-16)26-22(29)12-21(28)17-3-1-2-14(10-17)13-25/h1-11,27H,12H2,(H,26,29)(H,30,31). The highest BCUT2D eigenvalue weighted by Crippen LogP contribution is 2.29. The van der Waals surface area contributed by atoms with Gasteiger partial charge in [-0.3, -0.25) is 14.9 Å². The molecule has 8 heteroatoms. The molecule has 3 aromatic carbocycles. The summed E-state index contributed by atoms with van der Waals surface area (Å²) in [4.78, 5) is 35.9. The zero-order valence-corrected chi connectivity index (χ0v) is 16.1. The first-order valence-electron chi connectivity index (χ1n) is 9.09. The molecule has 0 aliphatic heterocycles. The lowest BCUT2D eigenvalue weighted by molar-refractivity contribution is -0.115. The number of carboxylic acid groups (broad SMARTS) is 1. The van der Waals surface area contributed by atoms with Crippen LogP contribution in [0, 0.1) is 17.1 Å². The fraction of sp³-hybridized carbons (Fsp3) is 0.0435. The number of benzene rings is 3. The van der Waals surface area contributed by atoms with Crippen molar-refractivity contribution in [3.63, 3.8) is 0 Å². The lowest BCUT2D eigenvalue weighted by Gasteiger charge is -2.13. The molecule has 2 amide bonds. The summed E-state index contributed by atoms with van der Waals surface area (Å²) >= 11 is 0. The topological polar surface area (TPSA) is 119 Å². The van der Waals surface area contributed by atoms with Crippen LogP contribution < -0.4 is 10.6 Å². The highest BCUT2D eigenvalue weighted by Gasteiger charge is 2.15. The van der Waals surface area contributed by atoms with Gasteiger partial charge in [0.2, 0.25) is 5.91 Å². The molecule has 0 fully saturated rings. The van der Waals surface area contributed by atoms with E-state index in [0.29, 0.717) is 16.7 Å². The van der Waals surface area contributed by atoms with Gasteiger partial charge in [-0.05, 0) is 47.5 Å². The average molecular weight is 417 g/mol. The predicted octanol–water partition coefficient (Wildman–Crippen LogP) is 4.67. The molecule has 0 aliphatic rings. The molecule has 0 atom stereocenters. The zero-order valence-electron chi connectivity index (χ0n) is 16.1. The smallest absolute Gasteiger partial charge is 0.409 e. The van der Waals surface area contributed by atoms with Crippen LogP contribution in [0.1, 0.15) is 22.3 Å². The molecule has 3 aromatic rings. The number of rotatable bonds is 6. The largest absolute Gasteiger partial charge is 0.465 e. The molecule has 0 aliphatic carbocycles. The quantitative estimate of drug-likeness (QED) is 0.398. The summed E-state index contributed by atoms with van der Waals surface area (Å²) in [7, 11) is 0.